The largest absolute Gasteiger partial charge is 0.347 e. The van der Waals surface area contributed by atoms with Gasteiger partial charge in [0.05, 0.1) is 17.2 Å². The molecule has 1 aromatic heterocycles. The molecular formula is C18H22ClN3O. The molecule has 23 heavy (non-hydrogen) atoms. The second-order valence-electron chi connectivity index (χ2n) is 6.77. The molecule has 1 atom stereocenters. The molecule has 2 aromatic rings. The van der Waals surface area contributed by atoms with E-state index in [9.17, 15) is 4.79 Å². The highest BCUT2D eigenvalue weighted by molar-refractivity contribution is 6.30. The molecule has 0 saturated heterocycles. The summed E-state index contributed by atoms with van der Waals surface area (Å²) < 4.78 is 1.81. The van der Waals surface area contributed by atoms with Crippen molar-refractivity contribution in [2.45, 2.75) is 44.6 Å². The molecule has 122 valence electrons. The van der Waals surface area contributed by atoms with Crippen molar-refractivity contribution in [2.24, 2.45) is 7.05 Å². The zero-order valence-corrected chi connectivity index (χ0v) is 14.5. The van der Waals surface area contributed by atoms with E-state index in [0.29, 0.717) is 5.02 Å². The average molecular weight is 332 g/mol. The van der Waals surface area contributed by atoms with Crippen LogP contribution >= 0.6 is 11.6 Å². The lowest BCUT2D eigenvalue weighted by Gasteiger charge is -2.30. The number of benzene rings is 1. The summed E-state index contributed by atoms with van der Waals surface area (Å²) in [7, 11) is 1.91. The first-order valence-corrected chi connectivity index (χ1v) is 8.35. The maximum absolute atomic E-state index is 12.9. The number of fused-ring (bicyclic) bond motifs is 1. The Morgan fingerprint density at radius 2 is 2.04 bits per heavy atom. The van der Waals surface area contributed by atoms with E-state index >= 15 is 0 Å². The maximum Gasteiger partial charge on any atom is 0.228 e. The standard InChI is InChI=1S/C18H22ClN3O/c1-18(2,12-7-9-13(19)10-8-12)20-17(23)14-5-4-6-16-15(14)11-22(3)21-16/h7-11,14H,4-6H2,1-3H3,(H,20,23)/t14-/m1/s1. The minimum absolute atomic E-state index is 0.0684. The summed E-state index contributed by atoms with van der Waals surface area (Å²) in [5.41, 5.74) is 2.73. The second-order valence-corrected chi connectivity index (χ2v) is 7.21. The lowest BCUT2D eigenvalue weighted by Crippen LogP contribution is -2.43. The normalized spacial score (nSPS) is 17.7. The maximum atomic E-state index is 12.9. The fourth-order valence-corrected chi connectivity index (χ4v) is 3.40. The lowest BCUT2D eigenvalue weighted by atomic mass is 9.85. The molecule has 0 radical (unpaired) electrons. The molecule has 1 N–H and O–H groups in total. The molecule has 1 heterocycles. The monoisotopic (exact) mass is 331 g/mol. The minimum atomic E-state index is -0.443. The molecule has 0 aliphatic heterocycles. The van der Waals surface area contributed by atoms with Crippen LogP contribution in [-0.4, -0.2) is 15.7 Å². The van der Waals surface area contributed by atoms with Gasteiger partial charge in [0.1, 0.15) is 0 Å². The van der Waals surface area contributed by atoms with Gasteiger partial charge in [-0.05, 0) is 50.8 Å². The molecule has 0 fully saturated rings. The Morgan fingerprint density at radius 1 is 1.35 bits per heavy atom. The van der Waals surface area contributed by atoms with Gasteiger partial charge in [0, 0.05) is 23.8 Å². The number of halogens is 1. The highest BCUT2D eigenvalue weighted by Crippen LogP contribution is 2.32. The first-order valence-electron chi connectivity index (χ1n) is 7.97. The zero-order valence-electron chi connectivity index (χ0n) is 13.8. The number of hydrogen-bond acceptors (Lipinski definition) is 2. The van der Waals surface area contributed by atoms with Crippen molar-refractivity contribution < 1.29 is 4.79 Å². The van der Waals surface area contributed by atoms with Gasteiger partial charge in [-0.3, -0.25) is 9.48 Å². The van der Waals surface area contributed by atoms with Crippen LogP contribution in [0.4, 0.5) is 0 Å². The first-order chi connectivity index (χ1) is 10.9. The number of rotatable bonds is 3. The van der Waals surface area contributed by atoms with Gasteiger partial charge in [-0.15, -0.1) is 0 Å². The molecule has 0 unspecified atom stereocenters. The predicted molar refractivity (Wildman–Crippen MR) is 91.5 cm³/mol. The van der Waals surface area contributed by atoms with Crippen LogP contribution < -0.4 is 5.32 Å². The van der Waals surface area contributed by atoms with Crippen molar-refractivity contribution in [3.05, 3.63) is 52.3 Å². The molecule has 0 spiro atoms. The SMILES string of the molecule is Cn1cc2c(n1)CCC[C@H]2C(=O)NC(C)(C)c1ccc(Cl)cc1. The number of amides is 1. The molecule has 0 bridgehead atoms. The van der Waals surface area contributed by atoms with Gasteiger partial charge in [0.25, 0.3) is 0 Å². The van der Waals surface area contributed by atoms with Crippen LogP contribution in [0, 0.1) is 0 Å². The van der Waals surface area contributed by atoms with Crippen LogP contribution in [0.15, 0.2) is 30.5 Å². The molecule has 3 rings (SSSR count). The number of carbonyl (C=O) groups excluding carboxylic acids is 1. The average Bonchev–Trinajstić information content (AvgIpc) is 2.87. The number of hydrogen-bond donors (Lipinski definition) is 1. The topological polar surface area (TPSA) is 46.9 Å². The van der Waals surface area contributed by atoms with Crippen molar-refractivity contribution in [2.75, 3.05) is 0 Å². The number of nitrogens with zero attached hydrogens (tertiary/aromatic N) is 2. The first kappa shape index (κ1) is 16.1. The van der Waals surface area contributed by atoms with E-state index < -0.39 is 5.54 Å². The van der Waals surface area contributed by atoms with Crippen LogP contribution in [0.3, 0.4) is 0 Å². The smallest absolute Gasteiger partial charge is 0.228 e. The zero-order chi connectivity index (χ0) is 16.6. The van der Waals surface area contributed by atoms with Gasteiger partial charge in [0.2, 0.25) is 5.91 Å². The third-order valence-corrected chi connectivity index (χ3v) is 4.79. The summed E-state index contributed by atoms with van der Waals surface area (Å²) >= 11 is 5.95. The number of carbonyl (C=O) groups is 1. The van der Waals surface area contributed by atoms with E-state index in [1.54, 1.807) is 4.68 Å². The van der Waals surface area contributed by atoms with Gasteiger partial charge in [-0.1, -0.05) is 23.7 Å². The highest BCUT2D eigenvalue weighted by atomic mass is 35.5. The van der Waals surface area contributed by atoms with Gasteiger partial charge >= 0.3 is 0 Å². The lowest BCUT2D eigenvalue weighted by molar-refractivity contribution is -0.124. The number of aryl methyl sites for hydroxylation is 2. The Bertz CT molecular complexity index is 718. The van der Waals surface area contributed by atoms with E-state index in [4.69, 9.17) is 11.6 Å². The van der Waals surface area contributed by atoms with Gasteiger partial charge in [0.15, 0.2) is 0 Å². The van der Waals surface area contributed by atoms with Crippen LogP contribution in [0.1, 0.15) is 49.4 Å². The van der Waals surface area contributed by atoms with Crippen molar-refractivity contribution in [1.82, 2.24) is 15.1 Å². The molecule has 1 aromatic carbocycles. The fraction of sp³-hybridized carbons (Fsp3) is 0.444. The molecule has 0 saturated carbocycles. The molecular weight excluding hydrogens is 310 g/mol. The Balaban J connectivity index is 1.80. The number of nitrogens with one attached hydrogen (secondary N) is 1. The minimum Gasteiger partial charge on any atom is -0.347 e. The summed E-state index contributed by atoms with van der Waals surface area (Å²) in [4.78, 5) is 12.9. The van der Waals surface area contributed by atoms with E-state index in [1.807, 2.05) is 51.4 Å². The van der Waals surface area contributed by atoms with E-state index in [-0.39, 0.29) is 11.8 Å². The van der Waals surface area contributed by atoms with Crippen molar-refractivity contribution in [1.29, 1.82) is 0 Å². The van der Waals surface area contributed by atoms with Gasteiger partial charge in [-0.25, -0.2) is 0 Å². The fourth-order valence-electron chi connectivity index (χ4n) is 3.27. The number of aromatic nitrogens is 2. The quantitative estimate of drug-likeness (QED) is 0.935. The van der Waals surface area contributed by atoms with Gasteiger partial charge < -0.3 is 5.32 Å². The third-order valence-electron chi connectivity index (χ3n) is 4.54. The van der Waals surface area contributed by atoms with Crippen LogP contribution in [0.25, 0.3) is 0 Å². The molecule has 4 nitrogen and oxygen atoms in total. The molecule has 1 amide bonds. The van der Waals surface area contributed by atoms with E-state index in [2.05, 4.69) is 10.4 Å². The Kier molecular flexibility index (Phi) is 4.19. The summed E-state index contributed by atoms with van der Waals surface area (Å²) in [6.45, 7) is 4.03. The highest BCUT2D eigenvalue weighted by Gasteiger charge is 2.32. The van der Waals surface area contributed by atoms with Crippen molar-refractivity contribution in [3.8, 4) is 0 Å². The molecule has 1 aliphatic carbocycles. The Hall–Kier alpha value is -1.81. The summed E-state index contributed by atoms with van der Waals surface area (Å²) in [5.74, 6) is -0.0436. The van der Waals surface area contributed by atoms with Crippen molar-refractivity contribution >= 4 is 17.5 Å². The Labute approximate surface area is 141 Å². The van der Waals surface area contributed by atoms with E-state index in [0.717, 1.165) is 36.1 Å². The predicted octanol–water partition coefficient (Wildman–Crippen LogP) is 3.54. The summed E-state index contributed by atoms with van der Waals surface area (Å²) in [5, 5.41) is 8.36. The van der Waals surface area contributed by atoms with E-state index in [1.165, 1.54) is 0 Å². The van der Waals surface area contributed by atoms with Crippen molar-refractivity contribution in [3.63, 3.8) is 0 Å². The second kappa shape index (κ2) is 6.00. The summed E-state index contributed by atoms with van der Waals surface area (Å²) in [6.07, 6.45) is 4.82. The molecule has 5 heteroatoms. The van der Waals surface area contributed by atoms with Crippen LogP contribution in [0.5, 0.6) is 0 Å². The van der Waals surface area contributed by atoms with Crippen LogP contribution in [-0.2, 0) is 23.8 Å². The van der Waals surface area contributed by atoms with Gasteiger partial charge in [-0.2, -0.15) is 5.10 Å². The summed E-state index contributed by atoms with van der Waals surface area (Å²) in [6, 6.07) is 7.62. The van der Waals surface area contributed by atoms with Crippen LogP contribution in [0.2, 0.25) is 5.02 Å². The third kappa shape index (κ3) is 3.27. The molecule has 1 aliphatic rings. The Morgan fingerprint density at radius 3 is 2.74 bits per heavy atom.